The maximum atomic E-state index is 12.8. The van der Waals surface area contributed by atoms with E-state index in [1.807, 2.05) is 29.2 Å². The molecule has 108 valence electrons. The van der Waals surface area contributed by atoms with E-state index >= 15 is 0 Å². The smallest absolute Gasteiger partial charge is 0.254 e. The molecule has 2 aromatic carbocycles. The Balaban J connectivity index is 1.91. The van der Waals surface area contributed by atoms with Crippen molar-refractivity contribution in [2.75, 3.05) is 6.54 Å². The molecule has 1 aliphatic rings. The van der Waals surface area contributed by atoms with E-state index in [-0.39, 0.29) is 11.9 Å². The highest BCUT2D eigenvalue weighted by molar-refractivity contribution is 14.1. The molecule has 0 saturated carbocycles. The fraction of sp³-hybridized carbons (Fsp3) is 0.278. The first kappa shape index (κ1) is 14.6. The van der Waals surface area contributed by atoms with E-state index in [1.165, 1.54) is 11.1 Å². The minimum absolute atomic E-state index is 0.152. The van der Waals surface area contributed by atoms with Crippen LogP contribution in [-0.4, -0.2) is 17.4 Å². The van der Waals surface area contributed by atoms with Crippen LogP contribution in [-0.2, 0) is 0 Å². The molecule has 2 aromatic rings. The summed E-state index contributed by atoms with van der Waals surface area (Å²) >= 11 is 2.25. The summed E-state index contributed by atoms with van der Waals surface area (Å²) in [6.45, 7) is 2.98. The molecule has 1 unspecified atom stereocenters. The molecule has 3 rings (SSSR count). The van der Waals surface area contributed by atoms with Gasteiger partial charge in [0.2, 0.25) is 0 Å². The average Bonchev–Trinajstić information content (AvgIpc) is 2.96. The van der Waals surface area contributed by atoms with Crippen molar-refractivity contribution in [1.82, 2.24) is 4.90 Å². The molecule has 0 bridgehead atoms. The zero-order valence-corrected chi connectivity index (χ0v) is 14.2. The first-order valence-electron chi connectivity index (χ1n) is 7.29. The average molecular weight is 391 g/mol. The summed E-state index contributed by atoms with van der Waals surface area (Å²) in [5.41, 5.74) is 3.35. The Bertz CT molecular complexity index is 668. The number of halogens is 1. The number of carbonyl (C=O) groups is 1. The Morgan fingerprint density at radius 1 is 1.19 bits per heavy atom. The number of hydrogen-bond acceptors (Lipinski definition) is 1. The van der Waals surface area contributed by atoms with Gasteiger partial charge in [-0.2, -0.15) is 0 Å². The number of rotatable bonds is 2. The SMILES string of the molecule is Cc1ccccc1C1CCCN1C(=O)c1cccc(I)c1. The van der Waals surface area contributed by atoms with E-state index in [9.17, 15) is 4.79 Å². The van der Waals surface area contributed by atoms with E-state index in [0.717, 1.165) is 28.5 Å². The molecule has 1 amide bonds. The molecule has 1 saturated heterocycles. The zero-order valence-electron chi connectivity index (χ0n) is 12.1. The fourth-order valence-corrected chi connectivity index (χ4v) is 3.62. The molecule has 0 spiro atoms. The molecule has 0 aliphatic carbocycles. The molecule has 0 aromatic heterocycles. The van der Waals surface area contributed by atoms with Crippen LogP contribution in [0.3, 0.4) is 0 Å². The minimum Gasteiger partial charge on any atom is -0.332 e. The van der Waals surface area contributed by atoms with Gasteiger partial charge in [-0.05, 0) is 71.7 Å². The second-order valence-electron chi connectivity index (χ2n) is 5.52. The van der Waals surface area contributed by atoms with Crippen LogP contribution in [0.1, 0.15) is 40.4 Å². The van der Waals surface area contributed by atoms with Gasteiger partial charge in [-0.1, -0.05) is 30.3 Å². The van der Waals surface area contributed by atoms with Crippen LogP contribution in [0.15, 0.2) is 48.5 Å². The molecule has 1 atom stereocenters. The molecule has 1 heterocycles. The van der Waals surface area contributed by atoms with Crippen molar-refractivity contribution in [2.24, 2.45) is 0 Å². The summed E-state index contributed by atoms with van der Waals surface area (Å²) in [5.74, 6) is 0.152. The van der Waals surface area contributed by atoms with Crippen molar-refractivity contribution in [1.29, 1.82) is 0 Å². The highest BCUT2D eigenvalue weighted by Gasteiger charge is 2.31. The Labute approximate surface area is 139 Å². The van der Waals surface area contributed by atoms with E-state index in [4.69, 9.17) is 0 Å². The van der Waals surface area contributed by atoms with Crippen molar-refractivity contribution in [3.63, 3.8) is 0 Å². The van der Waals surface area contributed by atoms with Crippen molar-refractivity contribution in [3.8, 4) is 0 Å². The van der Waals surface area contributed by atoms with E-state index in [0.29, 0.717) is 0 Å². The second-order valence-corrected chi connectivity index (χ2v) is 6.77. The van der Waals surface area contributed by atoms with Crippen molar-refractivity contribution >= 4 is 28.5 Å². The van der Waals surface area contributed by atoms with Crippen LogP contribution < -0.4 is 0 Å². The molecule has 0 N–H and O–H groups in total. The van der Waals surface area contributed by atoms with E-state index in [2.05, 4.69) is 53.8 Å². The summed E-state index contributed by atoms with van der Waals surface area (Å²) in [7, 11) is 0. The maximum Gasteiger partial charge on any atom is 0.254 e. The van der Waals surface area contributed by atoms with Gasteiger partial charge in [0.15, 0.2) is 0 Å². The predicted octanol–water partition coefficient (Wildman–Crippen LogP) is 4.58. The monoisotopic (exact) mass is 391 g/mol. The minimum atomic E-state index is 0.152. The van der Waals surface area contributed by atoms with Crippen molar-refractivity contribution in [3.05, 3.63) is 68.8 Å². The lowest BCUT2D eigenvalue weighted by atomic mass is 9.99. The quantitative estimate of drug-likeness (QED) is 0.687. The van der Waals surface area contributed by atoms with Crippen LogP contribution in [0.2, 0.25) is 0 Å². The topological polar surface area (TPSA) is 20.3 Å². The number of carbonyl (C=O) groups excluding carboxylic acids is 1. The number of aryl methyl sites for hydroxylation is 1. The van der Waals surface area contributed by atoms with Crippen LogP contribution in [0, 0.1) is 10.5 Å². The third-order valence-electron chi connectivity index (χ3n) is 4.13. The number of benzene rings is 2. The summed E-state index contributed by atoms with van der Waals surface area (Å²) in [5, 5.41) is 0. The molecule has 1 aliphatic heterocycles. The Morgan fingerprint density at radius 3 is 2.76 bits per heavy atom. The lowest BCUT2D eigenvalue weighted by Crippen LogP contribution is -2.30. The van der Waals surface area contributed by atoms with Crippen LogP contribution in [0.4, 0.5) is 0 Å². The summed E-state index contributed by atoms with van der Waals surface area (Å²) < 4.78 is 1.10. The third-order valence-corrected chi connectivity index (χ3v) is 4.80. The Kier molecular flexibility index (Phi) is 4.29. The largest absolute Gasteiger partial charge is 0.332 e. The van der Waals surface area contributed by atoms with Gasteiger partial charge < -0.3 is 4.90 Å². The van der Waals surface area contributed by atoms with Crippen molar-refractivity contribution in [2.45, 2.75) is 25.8 Å². The van der Waals surface area contributed by atoms with Crippen molar-refractivity contribution < 1.29 is 4.79 Å². The number of likely N-dealkylation sites (tertiary alicyclic amines) is 1. The maximum absolute atomic E-state index is 12.8. The Morgan fingerprint density at radius 2 is 2.00 bits per heavy atom. The van der Waals surface area contributed by atoms with Gasteiger partial charge >= 0.3 is 0 Å². The lowest BCUT2D eigenvalue weighted by Gasteiger charge is -2.26. The van der Waals surface area contributed by atoms with Gasteiger partial charge in [0.25, 0.3) is 5.91 Å². The summed E-state index contributed by atoms with van der Waals surface area (Å²) in [4.78, 5) is 14.9. The van der Waals surface area contributed by atoms with Gasteiger partial charge in [-0.15, -0.1) is 0 Å². The second kappa shape index (κ2) is 6.18. The van der Waals surface area contributed by atoms with Gasteiger partial charge in [0.05, 0.1) is 6.04 Å². The van der Waals surface area contributed by atoms with Gasteiger partial charge in [-0.25, -0.2) is 0 Å². The standard InChI is InChI=1S/C18H18INO/c1-13-6-2-3-9-16(13)17-10-5-11-20(17)18(21)14-7-4-8-15(19)12-14/h2-4,6-9,12,17H,5,10-11H2,1H3. The van der Waals surface area contributed by atoms with E-state index < -0.39 is 0 Å². The first-order valence-corrected chi connectivity index (χ1v) is 8.37. The first-order chi connectivity index (χ1) is 10.2. The van der Waals surface area contributed by atoms with Gasteiger partial charge in [0.1, 0.15) is 0 Å². The molecule has 2 nitrogen and oxygen atoms in total. The molecular weight excluding hydrogens is 373 g/mol. The van der Waals surface area contributed by atoms with Crippen LogP contribution >= 0.6 is 22.6 Å². The zero-order chi connectivity index (χ0) is 14.8. The Hall–Kier alpha value is -1.36. The van der Waals surface area contributed by atoms with E-state index in [1.54, 1.807) is 0 Å². The molecule has 3 heteroatoms. The van der Waals surface area contributed by atoms with Gasteiger partial charge in [-0.3, -0.25) is 4.79 Å². The molecule has 1 fully saturated rings. The number of amides is 1. The highest BCUT2D eigenvalue weighted by atomic mass is 127. The van der Waals surface area contributed by atoms with Crippen LogP contribution in [0.25, 0.3) is 0 Å². The fourth-order valence-electron chi connectivity index (χ4n) is 3.08. The molecule has 0 radical (unpaired) electrons. The molecule has 21 heavy (non-hydrogen) atoms. The van der Waals surface area contributed by atoms with Crippen LogP contribution in [0.5, 0.6) is 0 Å². The molecular formula is C18H18INO. The highest BCUT2D eigenvalue weighted by Crippen LogP contribution is 2.34. The third kappa shape index (κ3) is 2.98. The lowest BCUT2D eigenvalue weighted by molar-refractivity contribution is 0.0735. The number of nitrogens with zero attached hydrogens (tertiary/aromatic N) is 1. The number of hydrogen-bond donors (Lipinski definition) is 0. The normalized spacial score (nSPS) is 18.0. The van der Waals surface area contributed by atoms with Gasteiger partial charge in [0, 0.05) is 15.7 Å². The summed E-state index contributed by atoms with van der Waals surface area (Å²) in [6, 6.07) is 16.5. The summed E-state index contributed by atoms with van der Waals surface area (Å²) in [6.07, 6.45) is 2.13. The predicted molar refractivity (Wildman–Crippen MR) is 93.3 cm³/mol.